The van der Waals surface area contributed by atoms with Gasteiger partial charge in [0, 0.05) is 12.8 Å². The molecule has 0 heterocycles. The normalized spacial score (nSPS) is 10.8. The molecule has 0 atom stereocenters. The predicted octanol–water partition coefficient (Wildman–Crippen LogP) is 6.17. The molecule has 0 radical (unpaired) electrons. The van der Waals surface area contributed by atoms with Gasteiger partial charge >= 0.3 is 0 Å². The lowest BCUT2D eigenvalue weighted by atomic mass is 9.90. The molecule has 0 saturated carbocycles. The van der Waals surface area contributed by atoms with E-state index in [2.05, 4.69) is 0 Å². The molecule has 0 aromatic heterocycles. The summed E-state index contributed by atoms with van der Waals surface area (Å²) in [6.45, 7) is 4.88. The van der Waals surface area contributed by atoms with E-state index in [1.165, 1.54) is 0 Å². The van der Waals surface area contributed by atoms with Crippen molar-refractivity contribution in [2.45, 2.75) is 65.4 Å². The lowest BCUT2D eigenvalue weighted by Gasteiger charge is -2.13. The average Bonchev–Trinajstić information content (AvgIpc) is 2.80. The van der Waals surface area contributed by atoms with Crippen molar-refractivity contribution in [2.75, 3.05) is 6.61 Å². The van der Waals surface area contributed by atoms with Gasteiger partial charge in [0.2, 0.25) is 0 Å². The van der Waals surface area contributed by atoms with Crippen LogP contribution in [0.3, 0.4) is 0 Å². The van der Waals surface area contributed by atoms with Crippen LogP contribution in [0.25, 0.3) is 0 Å². The van der Waals surface area contributed by atoms with Crippen molar-refractivity contribution in [3.05, 3.63) is 60.2 Å². The largest absolute Gasteiger partial charge is 0.494 e. The molecule has 162 valence electrons. The Balaban J connectivity index is 1.59. The van der Waals surface area contributed by atoms with Gasteiger partial charge in [0.05, 0.1) is 12.5 Å². The van der Waals surface area contributed by atoms with Gasteiger partial charge in [-0.2, -0.15) is 0 Å². The molecule has 0 aliphatic carbocycles. The van der Waals surface area contributed by atoms with Gasteiger partial charge in [0.25, 0.3) is 0 Å². The summed E-state index contributed by atoms with van der Waals surface area (Å²) in [5.74, 6) is 1.44. The van der Waals surface area contributed by atoms with E-state index in [0.29, 0.717) is 32.5 Å². The van der Waals surface area contributed by atoms with Gasteiger partial charge in [0.15, 0.2) is 0 Å². The van der Waals surface area contributed by atoms with Crippen LogP contribution in [0.1, 0.15) is 64.4 Å². The van der Waals surface area contributed by atoms with Crippen molar-refractivity contribution in [2.24, 2.45) is 5.92 Å². The maximum absolute atomic E-state index is 11.9. The Kier molecular flexibility index (Phi) is 10.7. The molecule has 0 unspecified atom stereocenters. The second-order valence-electron chi connectivity index (χ2n) is 7.49. The maximum atomic E-state index is 11.9. The molecular formula is C26H34O4. The minimum absolute atomic E-state index is 0.0846. The number of carbonyl (C=O) groups is 2. The third-order valence-corrected chi connectivity index (χ3v) is 5.20. The van der Waals surface area contributed by atoms with Crippen LogP contribution in [0.5, 0.6) is 11.5 Å². The molecule has 0 spiro atoms. The molecular weight excluding hydrogens is 376 g/mol. The number of rotatable bonds is 15. The average molecular weight is 411 g/mol. The van der Waals surface area contributed by atoms with Crippen molar-refractivity contribution in [1.29, 1.82) is 0 Å². The summed E-state index contributed by atoms with van der Waals surface area (Å²) in [7, 11) is 0. The summed E-state index contributed by atoms with van der Waals surface area (Å²) < 4.78 is 11.6. The summed E-state index contributed by atoms with van der Waals surface area (Å²) in [5.41, 5.74) is 1.14. The topological polar surface area (TPSA) is 52.6 Å². The number of hydrogen-bond acceptors (Lipinski definition) is 4. The Bertz CT molecular complexity index is 736. The number of ketones is 2. The summed E-state index contributed by atoms with van der Waals surface area (Å²) in [6, 6.07) is 17.8. The van der Waals surface area contributed by atoms with Crippen molar-refractivity contribution in [3.63, 3.8) is 0 Å². The van der Waals surface area contributed by atoms with Gasteiger partial charge in [0.1, 0.15) is 29.7 Å². The first-order chi connectivity index (χ1) is 14.6. The molecule has 4 heteroatoms. The first-order valence-electron chi connectivity index (χ1n) is 11.1. The molecule has 0 aliphatic rings. The van der Waals surface area contributed by atoms with Gasteiger partial charge in [-0.15, -0.1) is 0 Å². The van der Waals surface area contributed by atoms with Crippen LogP contribution in [-0.2, 0) is 16.2 Å². The van der Waals surface area contributed by atoms with E-state index in [1.54, 1.807) is 0 Å². The van der Waals surface area contributed by atoms with Crippen LogP contribution in [-0.4, -0.2) is 18.2 Å². The van der Waals surface area contributed by atoms with E-state index in [4.69, 9.17) is 9.47 Å². The van der Waals surface area contributed by atoms with Crippen LogP contribution < -0.4 is 9.47 Å². The van der Waals surface area contributed by atoms with Crippen LogP contribution in [0.15, 0.2) is 54.6 Å². The Labute approximate surface area is 180 Å². The standard InChI is InChI=1S/C26H34O4/c1-3-25(27)24(26(28)4-2)14-10-5-6-11-19-29-22-15-17-23(18-16-22)30-20-21-12-8-7-9-13-21/h7-9,12-13,15-18,24H,3-6,10-11,14,19-20H2,1-2H3. The second-order valence-corrected chi connectivity index (χ2v) is 7.49. The lowest BCUT2D eigenvalue weighted by molar-refractivity contribution is -0.132. The second kappa shape index (κ2) is 13.6. The highest BCUT2D eigenvalue weighted by molar-refractivity contribution is 6.02. The minimum Gasteiger partial charge on any atom is -0.494 e. The Morgan fingerprint density at radius 2 is 1.30 bits per heavy atom. The summed E-state index contributed by atoms with van der Waals surface area (Å²) in [6.07, 6.45) is 5.49. The number of carbonyl (C=O) groups excluding carboxylic acids is 2. The van der Waals surface area contributed by atoms with Crippen molar-refractivity contribution < 1.29 is 19.1 Å². The Hall–Kier alpha value is -2.62. The van der Waals surface area contributed by atoms with E-state index < -0.39 is 0 Å². The van der Waals surface area contributed by atoms with Gasteiger partial charge in [-0.25, -0.2) is 0 Å². The van der Waals surface area contributed by atoms with Crippen molar-refractivity contribution >= 4 is 11.6 Å². The van der Waals surface area contributed by atoms with E-state index in [9.17, 15) is 9.59 Å². The highest BCUT2D eigenvalue weighted by Crippen LogP contribution is 2.20. The summed E-state index contributed by atoms with van der Waals surface area (Å²) in [4.78, 5) is 23.8. The Morgan fingerprint density at radius 1 is 0.733 bits per heavy atom. The van der Waals surface area contributed by atoms with Crippen LogP contribution in [0.4, 0.5) is 0 Å². The molecule has 30 heavy (non-hydrogen) atoms. The summed E-state index contributed by atoms with van der Waals surface area (Å²) in [5, 5.41) is 0. The number of Topliss-reactive ketones (excluding diaryl/α,β-unsaturated/α-hetero) is 2. The number of benzene rings is 2. The molecule has 0 aliphatic heterocycles. The number of hydrogen-bond donors (Lipinski definition) is 0. The zero-order chi connectivity index (χ0) is 21.6. The molecule has 2 aromatic rings. The fraction of sp³-hybridized carbons (Fsp3) is 0.462. The fourth-order valence-corrected chi connectivity index (χ4v) is 3.36. The molecule has 2 aromatic carbocycles. The van der Waals surface area contributed by atoms with E-state index in [0.717, 1.165) is 42.7 Å². The molecule has 0 bridgehead atoms. The van der Waals surface area contributed by atoms with Gasteiger partial charge < -0.3 is 9.47 Å². The first-order valence-corrected chi connectivity index (χ1v) is 11.1. The smallest absolute Gasteiger partial charge is 0.143 e. The molecule has 2 rings (SSSR count). The monoisotopic (exact) mass is 410 g/mol. The lowest BCUT2D eigenvalue weighted by Crippen LogP contribution is -2.22. The Morgan fingerprint density at radius 3 is 1.90 bits per heavy atom. The van der Waals surface area contributed by atoms with Crippen LogP contribution >= 0.6 is 0 Å². The molecule has 0 N–H and O–H groups in total. The van der Waals surface area contributed by atoms with Crippen molar-refractivity contribution in [3.8, 4) is 11.5 Å². The molecule has 0 amide bonds. The SMILES string of the molecule is CCC(=O)C(CCCCCCOc1ccc(OCc2ccccc2)cc1)C(=O)CC. The van der Waals surface area contributed by atoms with Crippen LogP contribution in [0.2, 0.25) is 0 Å². The third kappa shape index (κ3) is 8.40. The highest BCUT2D eigenvalue weighted by atomic mass is 16.5. The molecule has 0 saturated heterocycles. The van der Waals surface area contributed by atoms with Gasteiger partial charge in [-0.1, -0.05) is 63.4 Å². The maximum Gasteiger partial charge on any atom is 0.143 e. The van der Waals surface area contributed by atoms with Gasteiger partial charge in [-0.05, 0) is 42.7 Å². The zero-order valence-corrected chi connectivity index (χ0v) is 18.3. The predicted molar refractivity (Wildman–Crippen MR) is 120 cm³/mol. The van der Waals surface area contributed by atoms with Crippen molar-refractivity contribution in [1.82, 2.24) is 0 Å². The van der Waals surface area contributed by atoms with E-state index in [1.807, 2.05) is 68.4 Å². The quantitative estimate of drug-likeness (QED) is 0.260. The van der Waals surface area contributed by atoms with E-state index in [-0.39, 0.29) is 17.5 Å². The number of unbranched alkanes of at least 4 members (excludes halogenated alkanes) is 3. The van der Waals surface area contributed by atoms with E-state index >= 15 is 0 Å². The third-order valence-electron chi connectivity index (χ3n) is 5.20. The molecule has 4 nitrogen and oxygen atoms in total. The zero-order valence-electron chi connectivity index (χ0n) is 18.3. The highest BCUT2D eigenvalue weighted by Gasteiger charge is 2.22. The fourth-order valence-electron chi connectivity index (χ4n) is 3.36. The number of ether oxygens (including phenoxy) is 2. The van der Waals surface area contributed by atoms with Gasteiger partial charge in [-0.3, -0.25) is 9.59 Å². The first kappa shape index (κ1) is 23.7. The summed E-state index contributed by atoms with van der Waals surface area (Å²) >= 11 is 0. The minimum atomic E-state index is -0.390. The van der Waals surface area contributed by atoms with Crippen LogP contribution in [0, 0.1) is 5.92 Å². The molecule has 0 fully saturated rings.